The maximum atomic E-state index is 12.4. The minimum absolute atomic E-state index is 0.0102. The number of hydrogen-bond donors (Lipinski definition) is 1. The van der Waals surface area contributed by atoms with Gasteiger partial charge in [0.05, 0.1) is 18.2 Å². The lowest BCUT2D eigenvalue weighted by atomic mass is 9.92. The Morgan fingerprint density at radius 1 is 1.45 bits per heavy atom. The Labute approximate surface area is 124 Å². The molecular weight excluding hydrogens is 278 g/mol. The van der Waals surface area contributed by atoms with E-state index in [-0.39, 0.29) is 12.0 Å². The van der Waals surface area contributed by atoms with E-state index in [1.165, 1.54) is 7.11 Å². The van der Waals surface area contributed by atoms with E-state index in [0.717, 1.165) is 12.8 Å². The van der Waals surface area contributed by atoms with Gasteiger partial charge in [0.25, 0.3) is 5.91 Å². The van der Waals surface area contributed by atoms with Crippen LogP contribution in [-0.2, 0) is 0 Å². The van der Waals surface area contributed by atoms with Crippen LogP contribution in [0, 0.1) is 5.92 Å². The van der Waals surface area contributed by atoms with Crippen LogP contribution in [0.25, 0.3) is 0 Å². The maximum Gasteiger partial charge on any atom is 0.253 e. The SMILES string of the molecule is COc1cc(C(=O)N2CCC(C(C)O)CC2)ccc1Cl. The lowest BCUT2D eigenvalue weighted by Crippen LogP contribution is -2.40. The molecule has 0 saturated carbocycles. The number of hydrogen-bond acceptors (Lipinski definition) is 3. The highest BCUT2D eigenvalue weighted by Crippen LogP contribution is 2.27. The summed E-state index contributed by atoms with van der Waals surface area (Å²) in [4.78, 5) is 14.2. The molecule has 0 bridgehead atoms. The Hall–Kier alpha value is -1.26. The van der Waals surface area contributed by atoms with E-state index in [1.54, 1.807) is 18.2 Å². The van der Waals surface area contributed by atoms with Crippen LogP contribution in [0.5, 0.6) is 5.75 Å². The number of ether oxygens (including phenoxy) is 1. The van der Waals surface area contributed by atoms with Crippen LogP contribution in [0.3, 0.4) is 0 Å². The van der Waals surface area contributed by atoms with Gasteiger partial charge in [0.15, 0.2) is 0 Å². The van der Waals surface area contributed by atoms with Crippen LogP contribution >= 0.6 is 11.6 Å². The lowest BCUT2D eigenvalue weighted by molar-refractivity contribution is 0.0521. The number of benzene rings is 1. The highest BCUT2D eigenvalue weighted by molar-refractivity contribution is 6.32. The van der Waals surface area contributed by atoms with Crippen molar-refractivity contribution in [1.29, 1.82) is 0 Å². The first kappa shape index (κ1) is 15.1. The van der Waals surface area contributed by atoms with Crippen molar-refractivity contribution in [2.75, 3.05) is 20.2 Å². The number of methoxy groups -OCH3 is 1. The standard InChI is InChI=1S/C15H20ClNO3/c1-10(18)11-5-7-17(8-6-11)15(19)12-3-4-13(16)14(9-12)20-2/h3-4,9-11,18H,5-8H2,1-2H3. The summed E-state index contributed by atoms with van der Waals surface area (Å²) >= 11 is 5.96. The highest BCUT2D eigenvalue weighted by atomic mass is 35.5. The van der Waals surface area contributed by atoms with Gasteiger partial charge in [0.2, 0.25) is 0 Å². The monoisotopic (exact) mass is 297 g/mol. The van der Waals surface area contributed by atoms with Gasteiger partial charge in [-0.25, -0.2) is 0 Å². The molecule has 0 radical (unpaired) electrons. The molecule has 1 unspecified atom stereocenters. The van der Waals surface area contributed by atoms with Gasteiger partial charge in [-0.1, -0.05) is 11.6 Å². The molecule has 4 nitrogen and oxygen atoms in total. The molecule has 110 valence electrons. The first-order valence-electron chi connectivity index (χ1n) is 6.83. The summed E-state index contributed by atoms with van der Waals surface area (Å²) in [5, 5.41) is 10.1. The van der Waals surface area contributed by atoms with Crippen LogP contribution in [-0.4, -0.2) is 42.2 Å². The minimum atomic E-state index is -0.303. The lowest BCUT2D eigenvalue weighted by Gasteiger charge is -2.33. The molecule has 0 aromatic heterocycles. The fraction of sp³-hybridized carbons (Fsp3) is 0.533. The van der Waals surface area contributed by atoms with Crippen LogP contribution in [0.1, 0.15) is 30.1 Å². The van der Waals surface area contributed by atoms with E-state index >= 15 is 0 Å². The number of rotatable bonds is 3. The molecule has 1 saturated heterocycles. The summed E-state index contributed by atoms with van der Waals surface area (Å²) in [5.41, 5.74) is 0.585. The van der Waals surface area contributed by atoms with Crippen molar-refractivity contribution in [3.8, 4) is 5.75 Å². The summed E-state index contributed by atoms with van der Waals surface area (Å²) in [5.74, 6) is 0.791. The molecule has 1 aromatic rings. The van der Waals surface area contributed by atoms with Gasteiger partial charge in [-0.2, -0.15) is 0 Å². The van der Waals surface area contributed by atoms with Gasteiger partial charge in [0, 0.05) is 18.7 Å². The number of piperidine rings is 1. The zero-order valence-electron chi connectivity index (χ0n) is 11.8. The normalized spacial score (nSPS) is 17.9. The van der Waals surface area contributed by atoms with Gasteiger partial charge in [-0.05, 0) is 43.9 Å². The molecule has 1 heterocycles. The number of nitrogens with zero attached hydrogens (tertiary/aromatic N) is 1. The minimum Gasteiger partial charge on any atom is -0.495 e. The van der Waals surface area contributed by atoms with Crippen molar-refractivity contribution in [2.45, 2.75) is 25.9 Å². The van der Waals surface area contributed by atoms with E-state index in [1.807, 2.05) is 11.8 Å². The Morgan fingerprint density at radius 3 is 2.65 bits per heavy atom. The fourth-order valence-electron chi connectivity index (χ4n) is 2.56. The third-order valence-electron chi connectivity index (χ3n) is 3.91. The second-order valence-electron chi connectivity index (χ2n) is 5.22. The van der Waals surface area contributed by atoms with Crippen molar-refractivity contribution in [2.24, 2.45) is 5.92 Å². The third-order valence-corrected chi connectivity index (χ3v) is 4.22. The van der Waals surface area contributed by atoms with Crippen molar-refractivity contribution < 1.29 is 14.6 Å². The number of likely N-dealkylation sites (tertiary alicyclic amines) is 1. The van der Waals surface area contributed by atoms with Gasteiger partial charge >= 0.3 is 0 Å². The van der Waals surface area contributed by atoms with Crippen LogP contribution in [0.2, 0.25) is 5.02 Å². The molecular formula is C15H20ClNO3. The first-order valence-corrected chi connectivity index (χ1v) is 7.21. The van der Waals surface area contributed by atoms with E-state index in [9.17, 15) is 9.90 Å². The zero-order chi connectivity index (χ0) is 14.7. The molecule has 2 rings (SSSR count). The van der Waals surface area contributed by atoms with Gasteiger partial charge in [0.1, 0.15) is 5.75 Å². The maximum absolute atomic E-state index is 12.4. The van der Waals surface area contributed by atoms with E-state index in [2.05, 4.69) is 0 Å². The van der Waals surface area contributed by atoms with Gasteiger partial charge in [-0.3, -0.25) is 4.79 Å². The number of halogens is 1. The fourth-order valence-corrected chi connectivity index (χ4v) is 2.76. The quantitative estimate of drug-likeness (QED) is 0.933. The molecule has 1 atom stereocenters. The molecule has 1 fully saturated rings. The van der Waals surface area contributed by atoms with Crippen LogP contribution in [0.15, 0.2) is 18.2 Å². The van der Waals surface area contributed by atoms with Crippen LogP contribution < -0.4 is 4.74 Å². The predicted octanol–water partition coefficient (Wildman–Crippen LogP) is 2.58. The second kappa shape index (κ2) is 6.46. The van der Waals surface area contributed by atoms with Crippen molar-refractivity contribution >= 4 is 17.5 Å². The van der Waals surface area contributed by atoms with Gasteiger partial charge < -0.3 is 14.7 Å². The molecule has 0 spiro atoms. The summed E-state index contributed by atoms with van der Waals surface area (Å²) in [6.07, 6.45) is 1.38. The average molecular weight is 298 g/mol. The summed E-state index contributed by atoms with van der Waals surface area (Å²) in [6.45, 7) is 3.17. The zero-order valence-corrected chi connectivity index (χ0v) is 12.6. The molecule has 1 aliphatic heterocycles. The smallest absolute Gasteiger partial charge is 0.253 e. The topological polar surface area (TPSA) is 49.8 Å². The summed E-state index contributed by atoms with van der Waals surface area (Å²) in [7, 11) is 1.53. The number of aliphatic hydroxyl groups excluding tert-OH is 1. The number of carbonyl (C=O) groups excluding carboxylic acids is 1. The predicted molar refractivity (Wildman–Crippen MR) is 78.3 cm³/mol. The second-order valence-corrected chi connectivity index (χ2v) is 5.63. The Bertz CT molecular complexity index is 482. The van der Waals surface area contributed by atoms with Crippen molar-refractivity contribution in [3.05, 3.63) is 28.8 Å². The molecule has 1 amide bonds. The average Bonchev–Trinajstić information content (AvgIpc) is 2.47. The van der Waals surface area contributed by atoms with E-state index in [0.29, 0.717) is 35.3 Å². The van der Waals surface area contributed by atoms with E-state index < -0.39 is 0 Å². The van der Waals surface area contributed by atoms with Crippen molar-refractivity contribution in [1.82, 2.24) is 4.90 Å². The third kappa shape index (κ3) is 3.25. The Morgan fingerprint density at radius 2 is 2.10 bits per heavy atom. The molecule has 1 aliphatic rings. The molecule has 1 aromatic carbocycles. The molecule has 1 N–H and O–H groups in total. The Balaban J connectivity index is 2.05. The van der Waals surface area contributed by atoms with E-state index in [4.69, 9.17) is 16.3 Å². The number of amides is 1. The highest BCUT2D eigenvalue weighted by Gasteiger charge is 2.26. The molecule has 0 aliphatic carbocycles. The van der Waals surface area contributed by atoms with Crippen molar-refractivity contribution in [3.63, 3.8) is 0 Å². The Kier molecular flexibility index (Phi) is 4.89. The first-order chi connectivity index (χ1) is 9.52. The summed E-state index contributed by atoms with van der Waals surface area (Å²) in [6, 6.07) is 5.07. The number of aliphatic hydroxyl groups is 1. The molecule has 20 heavy (non-hydrogen) atoms. The van der Waals surface area contributed by atoms with Gasteiger partial charge in [-0.15, -0.1) is 0 Å². The van der Waals surface area contributed by atoms with Crippen LogP contribution in [0.4, 0.5) is 0 Å². The summed E-state index contributed by atoms with van der Waals surface area (Å²) < 4.78 is 5.14. The molecule has 5 heteroatoms. The number of carbonyl (C=O) groups is 1. The largest absolute Gasteiger partial charge is 0.495 e.